The maximum atomic E-state index is 11.2. The summed E-state index contributed by atoms with van der Waals surface area (Å²) in [5.41, 5.74) is -1.65. The van der Waals surface area contributed by atoms with Crippen molar-refractivity contribution in [1.82, 2.24) is 5.32 Å². The third-order valence-electron chi connectivity index (χ3n) is 1.66. The topological polar surface area (TPSA) is 78.8 Å². The molecule has 3 N–H and O–H groups in total. The molecule has 0 aliphatic rings. The third-order valence-corrected chi connectivity index (χ3v) is 1.66. The summed E-state index contributed by atoms with van der Waals surface area (Å²) in [7, 11) is 0. The highest BCUT2D eigenvalue weighted by Crippen LogP contribution is 2.09. The Bertz CT molecular complexity index is 208. The SMILES string of the molecule is CC(O)(CCO)CNC(=O)OC(C)(C)C. The van der Waals surface area contributed by atoms with Crippen LogP contribution in [-0.4, -0.2) is 40.7 Å². The van der Waals surface area contributed by atoms with Crippen LogP contribution < -0.4 is 5.32 Å². The smallest absolute Gasteiger partial charge is 0.407 e. The first-order valence-electron chi connectivity index (χ1n) is 4.96. The Labute approximate surface area is 90.4 Å². The summed E-state index contributed by atoms with van der Waals surface area (Å²) in [6.07, 6.45) is -0.358. The summed E-state index contributed by atoms with van der Waals surface area (Å²) in [6, 6.07) is 0. The van der Waals surface area contributed by atoms with E-state index < -0.39 is 17.3 Å². The van der Waals surface area contributed by atoms with Crippen molar-refractivity contribution in [2.24, 2.45) is 0 Å². The Morgan fingerprint density at radius 2 is 1.87 bits per heavy atom. The van der Waals surface area contributed by atoms with E-state index in [1.54, 1.807) is 27.7 Å². The zero-order valence-electron chi connectivity index (χ0n) is 9.83. The Morgan fingerprint density at radius 3 is 2.27 bits per heavy atom. The molecule has 1 amide bonds. The molecule has 90 valence electrons. The Balaban J connectivity index is 3.90. The molecule has 0 fully saturated rings. The molecule has 0 rings (SSSR count). The van der Waals surface area contributed by atoms with E-state index in [1.807, 2.05) is 0 Å². The molecule has 0 bridgehead atoms. The predicted molar refractivity (Wildman–Crippen MR) is 56.6 cm³/mol. The van der Waals surface area contributed by atoms with E-state index in [0.29, 0.717) is 0 Å². The summed E-state index contributed by atoms with van der Waals surface area (Å²) in [5, 5.41) is 20.7. The van der Waals surface area contributed by atoms with Crippen LogP contribution in [0.1, 0.15) is 34.1 Å². The molecule has 5 heteroatoms. The van der Waals surface area contributed by atoms with Crippen molar-refractivity contribution in [1.29, 1.82) is 0 Å². The molecule has 1 unspecified atom stereocenters. The fourth-order valence-corrected chi connectivity index (χ4v) is 0.906. The lowest BCUT2D eigenvalue weighted by atomic mass is 10.0. The van der Waals surface area contributed by atoms with Gasteiger partial charge >= 0.3 is 6.09 Å². The van der Waals surface area contributed by atoms with Crippen molar-refractivity contribution in [3.8, 4) is 0 Å². The lowest BCUT2D eigenvalue weighted by molar-refractivity contribution is 0.0203. The number of carbonyl (C=O) groups is 1. The van der Waals surface area contributed by atoms with Crippen LogP contribution in [0, 0.1) is 0 Å². The van der Waals surface area contributed by atoms with Gasteiger partial charge in [-0.15, -0.1) is 0 Å². The molecule has 0 radical (unpaired) electrons. The molecule has 0 aromatic heterocycles. The first-order chi connectivity index (χ1) is 6.66. The van der Waals surface area contributed by atoms with Crippen molar-refractivity contribution in [3.05, 3.63) is 0 Å². The first kappa shape index (κ1) is 14.2. The van der Waals surface area contributed by atoms with E-state index in [4.69, 9.17) is 9.84 Å². The van der Waals surface area contributed by atoms with Crippen molar-refractivity contribution in [2.45, 2.75) is 45.3 Å². The van der Waals surface area contributed by atoms with E-state index in [9.17, 15) is 9.90 Å². The van der Waals surface area contributed by atoms with Crippen molar-refractivity contribution in [2.75, 3.05) is 13.2 Å². The molecular weight excluding hydrogens is 198 g/mol. The van der Waals surface area contributed by atoms with Crippen LogP contribution >= 0.6 is 0 Å². The minimum Gasteiger partial charge on any atom is -0.444 e. The van der Waals surface area contributed by atoms with E-state index in [-0.39, 0.29) is 19.6 Å². The molecule has 5 nitrogen and oxygen atoms in total. The average molecular weight is 219 g/mol. The standard InChI is InChI=1S/C10H21NO4/c1-9(2,3)15-8(13)11-7-10(4,14)5-6-12/h12,14H,5-7H2,1-4H3,(H,11,13). The summed E-state index contributed by atoms with van der Waals surface area (Å²) in [4.78, 5) is 11.2. The molecule has 0 aliphatic carbocycles. The van der Waals surface area contributed by atoms with Gasteiger partial charge in [-0.2, -0.15) is 0 Å². The van der Waals surface area contributed by atoms with Crippen LogP contribution in [0.3, 0.4) is 0 Å². The van der Waals surface area contributed by atoms with Crippen LogP contribution in [0.15, 0.2) is 0 Å². The van der Waals surface area contributed by atoms with Crippen LogP contribution in [0.25, 0.3) is 0 Å². The number of hydrogen-bond acceptors (Lipinski definition) is 4. The molecule has 0 spiro atoms. The quantitative estimate of drug-likeness (QED) is 0.648. The number of carbonyl (C=O) groups excluding carboxylic acids is 1. The highest BCUT2D eigenvalue weighted by molar-refractivity contribution is 5.67. The molecule has 0 aliphatic heterocycles. The highest BCUT2D eigenvalue weighted by Gasteiger charge is 2.22. The van der Waals surface area contributed by atoms with Gasteiger partial charge in [-0.05, 0) is 27.7 Å². The molecule has 1 atom stereocenters. The lowest BCUT2D eigenvalue weighted by Crippen LogP contribution is -2.43. The van der Waals surface area contributed by atoms with Gasteiger partial charge in [0, 0.05) is 19.6 Å². The average Bonchev–Trinajstić information content (AvgIpc) is 1.98. The van der Waals surface area contributed by atoms with Gasteiger partial charge in [-0.25, -0.2) is 4.79 Å². The van der Waals surface area contributed by atoms with Gasteiger partial charge in [0.2, 0.25) is 0 Å². The van der Waals surface area contributed by atoms with Gasteiger partial charge in [-0.3, -0.25) is 0 Å². The largest absolute Gasteiger partial charge is 0.444 e. The number of nitrogens with one attached hydrogen (secondary N) is 1. The summed E-state index contributed by atoms with van der Waals surface area (Å²) in [6.45, 7) is 6.77. The fourth-order valence-electron chi connectivity index (χ4n) is 0.906. The molecule has 15 heavy (non-hydrogen) atoms. The second-order valence-electron chi connectivity index (χ2n) is 4.83. The first-order valence-corrected chi connectivity index (χ1v) is 4.96. The van der Waals surface area contributed by atoms with E-state index in [2.05, 4.69) is 5.32 Å². The maximum absolute atomic E-state index is 11.2. The summed E-state index contributed by atoms with van der Waals surface area (Å²) < 4.78 is 4.99. The van der Waals surface area contributed by atoms with Crippen LogP contribution in [-0.2, 0) is 4.74 Å². The van der Waals surface area contributed by atoms with E-state index in [1.165, 1.54) is 0 Å². The molecular formula is C10H21NO4. The van der Waals surface area contributed by atoms with Gasteiger partial charge in [0.15, 0.2) is 0 Å². The molecule has 0 saturated carbocycles. The van der Waals surface area contributed by atoms with Gasteiger partial charge in [-0.1, -0.05) is 0 Å². The minimum atomic E-state index is -1.11. The van der Waals surface area contributed by atoms with Gasteiger partial charge < -0.3 is 20.3 Å². The molecule has 0 aromatic carbocycles. The van der Waals surface area contributed by atoms with E-state index >= 15 is 0 Å². The maximum Gasteiger partial charge on any atom is 0.407 e. The normalized spacial score (nSPS) is 15.6. The Morgan fingerprint density at radius 1 is 1.33 bits per heavy atom. The lowest BCUT2D eigenvalue weighted by Gasteiger charge is -2.24. The van der Waals surface area contributed by atoms with Crippen LogP contribution in [0.5, 0.6) is 0 Å². The van der Waals surface area contributed by atoms with Gasteiger partial charge in [0.05, 0.1) is 5.60 Å². The van der Waals surface area contributed by atoms with Crippen molar-refractivity contribution in [3.63, 3.8) is 0 Å². The zero-order chi connectivity index (χ0) is 12.1. The monoisotopic (exact) mass is 219 g/mol. The second kappa shape index (κ2) is 5.32. The number of alkyl carbamates (subject to hydrolysis) is 1. The minimum absolute atomic E-state index is 0.0580. The predicted octanol–water partition coefficient (Wildman–Crippen LogP) is 0.644. The van der Waals surface area contributed by atoms with Gasteiger partial charge in [0.1, 0.15) is 5.60 Å². The third kappa shape index (κ3) is 8.20. The molecule has 0 saturated heterocycles. The highest BCUT2D eigenvalue weighted by atomic mass is 16.6. The number of aliphatic hydroxyl groups excluding tert-OH is 1. The Hall–Kier alpha value is -0.810. The summed E-state index contributed by atoms with van der Waals surface area (Å²) >= 11 is 0. The molecule has 0 heterocycles. The second-order valence-corrected chi connectivity index (χ2v) is 4.83. The number of aliphatic hydroxyl groups is 2. The van der Waals surface area contributed by atoms with E-state index in [0.717, 1.165) is 0 Å². The number of hydrogen-bond donors (Lipinski definition) is 3. The van der Waals surface area contributed by atoms with Crippen molar-refractivity contribution < 1.29 is 19.7 Å². The number of amides is 1. The van der Waals surface area contributed by atoms with Crippen LogP contribution in [0.4, 0.5) is 4.79 Å². The zero-order valence-corrected chi connectivity index (χ0v) is 9.83. The van der Waals surface area contributed by atoms with Gasteiger partial charge in [0.25, 0.3) is 0 Å². The Kier molecular flexibility index (Phi) is 5.03. The number of ether oxygens (including phenoxy) is 1. The fraction of sp³-hybridized carbons (Fsp3) is 0.900. The molecule has 0 aromatic rings. The van der Waals surface area contributed by atoms with Crippen LogP contribution in [0.2, 0.25) is 0 Å². The summed E-state index contributed by atoms with van der Waals surface area (Å²) in [5.74, 6) is 0. The number of rotatable bonds is 4. The van der Waals surface area contributed by atoms with Crippen molar-refractivity contribution >= 4 is 6.09 Å².